The second-order valence-electron chi connectivity index (χ2n) is 16.0. The molecule has 0 saturated heterocycles. The van der Waals surface area contributed by atoms with Gasteiger partial charge in [-0.15, -0.1) is 0 Å². The standard InChI is InChI=1S/C43H85NO7/c1-9-11-13-15-17-19-21-23-25-27-34-48-36-40(49-35-28-26-24-22-20-18-16-14-12-10-2)37-50-41(46)30-33-44(39(3)45)32-29-31-42(4,5)51-38-43(6,7)47-8/h40H,9-38H2,1-8H3. The van der Waals surface area contributed by atoms with E-state index in [0.29, 0.717) is 39.5 Å². The Bertz CT molecular complexity index is 803. The largest absolute Gasteiger partial charge is 0.463 e. The van der Waals surface area contributed by atoms with Crippen LogP contribution in [0.4, 0.5) is 0 Å². The maximum atomic E-state index is 12.8. The van der Waals surface area contributed by atoms with Crippen molar-refractivity contribution in [1.82, 2.24) is 4.90 Å². The van der Waals surface area contributed by atoms with Crippen molar-refractivity contribution < 1.29 is 33.3 Å². The SMILES string of the molecule is CCCCCCCCCCCCOCC(COC(=O)CCN(CCCC(C)(C)OCC(C)(C)OC)C(C)=O)OCCCCCCCCCCCC. The highest BCUT2D eigenvalue weighted by Gasteiger charge is 2.25. The van der Waals surface area contributed by atoms with Crippen LogP contribution < -0.4 is 0 Å². The number of nitrogens with zero attached hydrogens (tertiary/aromatic N) is 1. The van der Waals surface area contributed by atoms with Crippen LogP contribution in [0.3, 0.4) is 0 Å². The molecular weight excluding hydrogens is 642 g/mol. The van der Waals surface area contributed by atoms with Crippen LogP contribution >= 0.6 is 0 Å². The highest BCUT2D eigenvalue weighted by atomic mass is 16.6. The van der Waals surface area contributed by atoms with Gasteiger partial charge in [-0.05, 0) is 53.4 Å². The van der Waals surface area contributed by atoms with Gasteiger partial charge in [-0.1, -0.05) is 129 Å². The van der Waals surface area contributed by atoms with Crippen LogP contribution in [-0.2, 0) is 33.3 Å². The first-order valence-electron chi connectivity index (χ1n) is 21.3. The third-order valence-electron chi connectivity index (χ3n) is 9.83. The first-order chi connectivity index (χ1) is 24.5. The maximum Gasteiger partial charge on any atom is 0.307 e. The number of ether oxygens (including phenoxy) is 5. The Morgan fingerprint density at radius 3 is 1.59 bits per heavy atom. The third kappa shape index (κ3) is 33.1. The molecule has 1 atom stereocenters. The van der Waals surface area contributed by atoms with Gasteiger partial charge in [0.1, 0.15) is 12.7 Å². The lowest BCUT2D eigenvalue weighted by molar-refractivity contribution is -0.150. The average molecular weight is 728 g/mol. The van der Waals surface area contributed by atoms with Gasteiger partial charge in [0.15, 0.2) is 0 Å². The van der Waals surface area contributed by atoms with Crippen LogP contribution in [0.2, 0.25) is 0 Å². The van der Waals surface area contributed by atoms with Crippen LogP contribution in [0.15, 0.2) is 0 Å². The lowest BCUT2D eigenvalue weighted by Crippen LogP contribution is -2.37. The monoisotopic (exact) mass is 728 g/mol. The lowest BCUT2D eigenvalue weighted by Gasteiger charge is -2.32. The molecule has 8 heteroatoms. The normalized spacial score (nSPS) is 12.7. The van der Waals surface area contributed by atoms with Gasteiger partial charge in [0.25, 0.3) is 0 Å². The predicted octanol–water partition coefficient (Wildman–Crippen LogP) is 11.0. The van der Waals surface area contributed by atoms with E-state index in [1.54, 1.807) is 18.9 Å². The molecular formula is C43H85NO7. The summed E-state index contributed by atoms with van der Waals surface area (Å²) >= 11 is 0. The van der Waals surface area contributed by atoms with Crippen LogP contribution in [-0.4, -0.2) is 87.3 Å². The molecule has 0 rings (SSSR count). The molecule has 0 spiro atoms. The number of hydrogen-bond acceptors (Lipinski definition) is 7. The van der Waals surface area contributed by atoms with Gasteiger partial charge in [0.05, 0.1) is 30.8 Å². The fraction of sp³-hybridized carbons (Fsp3) is 0.953. The maximum absolute atomic E-state index is 12.8. The molecule has 1 amide bonds. The van der Waals surface area contributed by atoms with Gasteiger partial charge < -0.3 is 28.6 Å². The number of esters is 1. The van der Waals surface area contributed by atoms with E-state index in [1.807, 2.05) is 13.8 Å². The van der Waals surface area contributed by atoms with Crippen LogP contribution in [0, 0.1) is 0 Å². The van der Waals surface area contributed by atoms with Gasteiger partial charge in [-0.3, -0.25) is 9.59 Å². The van der Waals surface area contributed by atoms with E-state index in [1.165, 1.54) is 109 Å². The van der Waals surface area contributed by atoms with Crippen molar-refractivity contribution in [2.45, 2.75) is 213 Å². The summed E-state index contributed by atoms with van der Waals surface area (Å²) in [5.41, 5.74) is -0.686. The van der Waals surface area contributed by atoms with Crippen LogP contribution in [0.1, 0.15) is 196 Å². The van der Waals surface area contributed by atoms with E-state index in [9.17, 15) is 9.59 Å². The minimum absolute atomic E-state index is 0.0416. The summed E-state index contributed by atoms with van der Waals surface area (Å²) in [6, 6.07) is 0. The van der Waals surface area contributed by atoms with E-state index < -0.39 is 0 Å². The molecule has 8 nitrogen and oxygen atoms in total. The number of carbonyl (C=O) groups excluding carboxylic acids is 2. The van der Waals surface area contributed by atoms with E-state index in [0.717, 1.165) is 32.1 Å². The van der Waals surface area contributed by atoms with Crippen molar-refractivity contribution in [2.24, 2.45) is 0 Å². The van der Waals surface area contributed by atoms with Crippen molar-refractivity contribution in [1.29, 1.82) is 0 Å². The molecule has 0 aliphatic rings. The number of unbranched alkanes of at least 4 members (excludes halogenated alkanes) is 18. The summed E-state index contributed by atoms with van der Waals surface area (Å²) in [5, 5.41) is 0. The van der Waals surface area contributed by atoms with Crippen LogP contribution in [0.25, 0.3) is 0 Å². The summed E-state index contributed by atoms with van der Waals surface area (Å²) in [6.45, 7) is 17.6. The van der Waals surface area contributed by atoms with E-state index >= 15 is 0 Å². The van der Waals surface area contributed by atoms with Crippen molar-refractivity contribution >= 4 is 11.9 Å². The molecule has 1 unspecified atom stereocenters. The Morgan fingerprint density at radius 2 is 1.10 bits per heavy atom. The molecule has 0 aromatic rings. The number of methoxy groups -OCH3 is 1. The molecule has 0 fully saturated rings. The van der Waals surface area contributed by atoms with Crippen molar-refractivity contribution in [3.8, 4) is 0 Å². The highest BCUT2D eigenvalue weighted by molar-refractivity contribution is 5.75. The minimum Gasteiger partial charge on any atom is -0.463 e. The molecule has 0 radical (unpaired) electrons. The van der Waals surface area contributed by atoms with Crippen molar-refractivity contribution in [3.63, 3.8) is 0 Å². The summed E-state index contributed by atoms with van der Waals surface area (Å²) in [7, 11) is 1.69. The number of amides is 1. The molecule has 0 bridgehead atoms. The third-order valence-corrected chi connectivity index (χ3v) is 9.83. The van der Waals surface area contributed by atoms with Gasteiger partial charge >= 0.3 is 5.97 Å². The summed E-state index contributed by atoms with van der Waals surface area (Å²) in [4.78, 5) is 26.8. The fourth-order valence-electron chi connectivity index (χ4n) is 6.00. The summed E-state index contributed by atoms with van der Waals surface area (Å²) < 4.78 is 29.4. The summed E-state index contributed by atoms with van der Waals surface area (Å²) in [6.07, 6.45) is 27.2. The Balaban J connectivity index is 4.56. The van der Waals surface area contributed by atoms with Gasteiger partial charge in [-0.25, -0.2) is 0 Å². The number of hydrogen-bond donors (Lipinski definition) is 0. The second-order valence-corrected chi connectivity index (χ2v) is 16.0. The fourth-order valence-corrected chi connectivity index (χ4v) is 6.00. The minimum atomic E-state index is -0.348. The molecule has 0 heterocycles. The highest BCUT2D eigenvalue weighted by Crippen LogP contribution is 2.21. The molecule has 0 aromatic carbocycles. The molecule has 0 N–H and O–H groups in total. The zero-order valence-electron chi connectivity index (χ0n) is 35.1. The molecule has 0 aromatic heterocycles. The number of rotatable bonds is 38. The van der Waals surface area contributed by atoms with Crippen molar-refractivity contribution in [3.05, 3.63) is 0 Å². The Hall–Kier alpha value is -1.22. The molecule has 51 heavy (non-hydrogen) atoms. The van der Waals surface area contributed by atoms with E-state index in [-0.39, 0.29) is 42.2 Å². The molecule has 0 saturated carbocycles. The predicted molar refractivity (Wildman–Crippen MR) is 212 cm³/mol. The lowest BCUT2D eigenvalue weighted by atomic mass is 10.0. The van der Waals surface area contributed by atoms with Gasteiger partial charge in [-0.2, -0.15) is 0 Å². The second kappa shape index (κ2) is 33.4. The summed E-state index contributed by atoms with van der Waals surface area (Å²) in [5.74, 6) is -0.353. The van der Waals surface area contributed by atoms with Gasteiger partial charge in [0, 0.05) is 40.3 Å². The average Bonchev–Trinajstić information content (AvgIpc) is 3.10. The Kier molecular flexibility index (Phi) is 32.6. The molecule has 0 aliphatic carbocycles. The van der Waals surface area contributed by atoms with Crippen LogP contribution in [0.5, 0.6) is 0 Å². The zero-order valence-corrected chi connectivity index (χ0v) is 35.1. The first-order valence-corrected chi connectivity index (χ1v) is 21.3. The number of carbonyl (C=O) groups is 2. The zero-order chi connectivity index (χ0) is 38.1. The molecule has 0 aliphatic heterocycles. The Morgan fingerprint density at radius 1 is 0.608 bits per heavy atom. The quantitative estimate of drug-likeness (QED) is 0.0462. The Labute approximate surface area is 316 Å². The smallest absolute Gasteiger partial charge is 0.307 e. The first kappa shape index (κ1) is 49.8. The van der Waals surface area contributed by atoms with Crippen molar-refractivity contribution in [2.75, 3.05) is 53.2 Å². The topological polar surface area (TPSA) is 83.5 Å². The molecule has 304 valence electrons. The van der Waals surface area contributed by atoms with E-state index in [4.69, 9.17) is 23.7 Å². The van der Waals surface area contributed by atoms with Gasteiger partial charge in [0.2, 0.25) is 5.91 Å². The van der Waals surface area contributed by atoms with E-state index in [2.05, 4.69) is 27.7 Å².